The van der Waals surface area contributed by atoms with Crippen LogP contribution in [0.3, 0.4) is 0 Å². The smallest absolute Gasteiger partial charge is 0.321 e. The quantitative estimate of drug-likeness (QED) is 0.806. The van der Waals surface area contributed by atoms with Gasteiger partial charge in [-0.2, -0.15) is 0 Å². The summed E-state index contributed by atoms with van der Waals surface area (Å²) in [5.74, 6) is -0.0196. The molecule has 0 aliphatic carbocycles. The molecule has 2 N–H and O–H groups in total. The standard InChI is InChI=1S/C16H20N4O3S/c1-5-17-15(22)18-13(21)11(4)24-16-20-19-14(23-16)12-7-6-9(2)10(3)8-12/h6-8,11H,5H2,1-4H3,(H2,17,18,21,22). The molecule has 0 aliphatic rings. The number of thioether (sulfide) groups is 1. The molecule has 2 rings (SSSR count). The van der Waals surface area contributed by atoms with E-state index in [1.165, 1.54) is 5.56 Å². The average Bonchev–Trinajstić information content (AvgIpc) is 2.98. The Morgan fingerprint density at radius 3 is 2.67 bits per heavy atom. The average molecular weight is 348 g/mol. The van der Waals surface area contributed by atoms with Gasteiger partial charge in [-0.05, 0) is 51.0 Å². The molecule has 1 aromatic heterocycles. The summed E-state index contributed by atoms with van der Waals surface area (Å²) in [5, 5.41) is 12.5. The van der Waals surface area contributed by atoms with Crippen molar-refractivity contribution in [1.82, 2.24) is 20.8 Å². The van der Waals surface area contributed by atoms with Gasteiger partial charge in [0, 0.05) is 12.1 Å². The fraction of sp³-hybridized carbons (Fsp3) is 0.375. The molecule has 24 heavy (non-hydrogen) atoms. The van der Waals surface area contributed by atoms with Crippen LogP contribution in [0.5, 0.6) is 0 Å². The van der Waals surface area contributed by atoms with Crippen molar-refractivity contribution in [1.29, 1.82) is 0 Å². The van der Waals surface area contributed by atoms with Crippen LogP contribution in [-0.4, -0.2) is 33.9 Å². The summed E-state index contributed by atoms with van der Waals surface area (Å²) >= 11 is 1.10. The second-order valence-corrected chi connectivity index (χ2v) is 6.57. The van der Waals surface area contributed by atoms with E-state index in [1.54, 1.807) is 13.8 Å². The van der Waals surface area contributed by atoms with Crippen LogP contribution in [0.25, 0.3) is 11.5 Å². The molecule has 1 heterocycles. The van der Waals surface area contributed by atoms with E-state index in [1.807, 2.05) is 32.0 Å². The van der Waals surface area contributed by atoms with Gasteiger partial charge in [0.1, 0.15) is 0 Å². The van der Waals surface area contributed by atoms with Crippen molar-refractivity contribution in [3.8, 4) is 11.5 Å². The van der Waals surface area contributed by atoms with Gasteiger partial charge in [-0.3, -0.25) is 10.1 Å². The second-order valence-electron chi connectivity index (χ2n) is 5.28. The molecule has 0 saturated carbocycles. The van der Waals surface area contributed by atoms with Crippen LogP contribution in [0, 0.1) is 13.8 Å². The zero-order valence-corrected chi connectivity index (χ0v) is 14.9. The van der Waals surface area contributed by atoms with Crippen LogP contribution in [0.15, 0.2) is 27.8 Å². The lowest BCUT2D eigenvalue weighted by atomic mass is 10.1. The minimum Gasteiger partial charge on any atom is -0.411 e. The maximum Gasteiger partial charge on any atom is 0.321 e. The van der Waals surface area contributed by atoms with Crippen LogP contribution >= 0.6 is 11.8 Å². The zero-order valence-electron chi connectivity index (χ0n) is 14.0. The first-order valence-corrected chi connectivity index (χ1v) is 8.45. The van der Waals surface area contributed by atoms with E-state index in [0.717, 1.165) is 22.9 Å². The van der Waals surface area contributed by atoms with E-state index in [-0.39, 0.29) is 5.22 Å². The molecule has 0 bridgehead atoms. The van der Waals surface area contributed by atoms with Gasteiger partial charge in [0.25, 0.3) is 5.22 Å². The van der Waals surface area contributed by atoms with Crippen molar-refractivity contribution in [2.75, 3.05) is 6.54 Å². The Kier molecular flexibility index (Phi) is 5.97. The molecule has 1 unspecified atom stereocenters. The molecule has 0 fully saturated rings. The number of rotatable bonds is 5. The Balaban J connectivity index is 2.01. The molecule has 7 nitrogen and oxygen atoms in total. The Morgan fingerprint density at radius 1 is 1.25 bits per heavy atom. The highest BCUT2D eigenvalue weighted by Crippen LogP contribution is 2.27. The molecule has 8 heteroatoms. The molecular weight excluding hydrogens is 328 g/mol. The SMILES string of the molecule is CCNC(=O)NC(=O)C(C)Sc1nnc(-c2ccc(C)c(C)c2)o1. The van der Waals surface area contributed by atoms with Crippen LogP contribution < -0.4 is 10.6 Å². The van der Waals surface area contributed by atoms with Crippen LogP contribution in [0.1, 0.15) is 25.0 Å². The Bertz CT molecular complexity index is 745. The van der Waals surface area contributed by atoms with Gasteiger partial charge in [0.15, 0.2) is 0 Å². The summed E-state index contributed by atoms with van der Waals surface area (Å²) in [6.07, 6.45) is 0. The molecule has 3 amide bonds. The van der Waals surface area contributed by atoms with Crippen molar-refractivity contribution >= 4 is 23.7 Å². The van der Waals surface area contributed by atoms with Gasteiger partial charge in [0.05, 0.1) is 5.25 Å². The molecule has 0 radical (unpaired) electrons. The number of imide groups is 1. The van der Waals surface area contributed by atoms with E-state index >= 15 is 0 Å². The number of aryl methyl sites for hydroxylation is 2. The lowest BCUT2D eigenvalue weighted by Crippen LogP contribution is -2.42. The lowest BCUT2D eigenvalue weighted by molar-refractivity contribution is -0.119. The number of aromatic nitrogens is 2. The van der Waals surface area contributed by atoms with Gasteiger partial charge in [-0.15, -0.1) is 10.2 Å². The van der Waals surface area contributed by atoms with Crippen molar-refractivity contribution in [3.05, 3.63) is 29.3 Å². The molecule has 128 valence electrons. The van der Waals surface area contributed by atoms with Gasteiger partial charge in [-0.25, -0.2) is 4.79 Å². The Hall–Kier alpha value is -2.35. The fourth-order valence-corrected chi connectivity index (χ4v) is 2.55. The second kappa shape index (κ2) is 7.96. The maximum absolute atomic E-state index is 11.9. The minimum absolute atomic E-state index is 0.279. The third-order valence-electron chi connectivity index (χ3n) is 3.38. The number of hydrogen-bond donors (Lipinski definition) is 2. The summed E-state index contributed by atoms with van der Waals surface area (Å²) in [6.45, 7) is 7.93. The number of carbonyl (C=O) groups excluding carboxylic acids is 2. The predicted octanol–water partition coefficient (Wildman–Crippen LogP) is 2.68. The minimum atomic E-state index is -0.541. The third-order valence-corrected chi connectivity index (χ3v) is 4.32. The molecule has 0 saturated heterocycles. The number of urea groups is 1. The van der Waals surface area contributed by atoms with Gasteiger partial charge in [0.2, 0.25) is 11.8 Å². The summed E-state index contributed by atoms with van der Waals surface area (Å²) in [6, 6.07) is 5.36. The van der Waals surface area contributed by atoms with Crippen molar-refractivity contribution in [3.63, 3.8) is 0 Å². The number of carbonyl (C=O) groups is 2. The van der Waals surface area contributed by atoms with Crippen LogP contribution in [-0.2, 0) is 4.79 Å². The zero-order chi connectivity index (χ0) is 17.7. The molecule has 1 atom stereocenters. The lowest BCUT2D eigenvalue weighted by Gasteiger charge is -2.08. The summed E-state index contributed by atoms with van der Waals surface area (Å²) in [5.41, 5.74) is 3.15. The largest absolute Gasteiger partial charge is 0.411 e. The number of benzene rings is 1. The maximum atomic E-state index is 11.9. The van der Waals surface area contributed by atoms with Gasteiger partial charge >= 0.3 is 6.03 Å². The highest BCUT2D eigenvalue weighted by atomic mass is 32.2. The van der Waals surface area contributed by atoms with E-state index in [2.05, 4.69) is 20.8 Å². The first-order valence-electron chi connectivity index (χ1n) is 7.57. The summed E-state index contributed by atoms with van der Waals surface area (Å²) in [7, 11) is 0. The molecule has 0 aliphatic heterocycles. The van der Waals surface area contributed by atoms with Gasteiger partial charge < -0.3 is 9.73 Å². The number of hydrogen-bond acceptors (Lipinski definition) is 6. The third kappa shape index (κ3) is 4.58. The van der Waals surface area contributed by atoms with Crippen molar-refractivity contribution < 1.29 is 14.0 Å². The fourth-order valence-electron chi connectivity index (χ4n) is 1.87. The summed E-state index contributed by atoms with van der Waals surface area (Å²) in [4.78, 5) is 23.3. The van der Waals surface area contributed by atoms with E-state index in [9.17, 15) is 9.59 Å². The van der Waals surface area contributed by atoms with E-state index < -0.39 is 17.2 Å². The Morgan fingerprint density at radius 2 is 2.00 bits per heavy atom. The molecule has 0 spiro atoms. The predicted molar refractivity (Wildman–Crippen MR) is 91.7 cm³/mol. The number of amides is 3. The normalized spacial score (nSPS) is 11.8. The molecular formula is C16H20N4O3S. The highest BCUT2D eigenvalue weighted by Gasteiger charge is 2.20. The first-order chi connectivity index (χ1) is 11.4. The topological polar surface area (TPSA) is 97.1 Å². The summed E-state index contributed by atoms with van der Waals surface area (Å²) < 4.78 is 5.60. The van der Waals surface area contributed by atoms with Gasteiger partial charge in [-0.1, -0.05) is 17.8 Å². The first kappa shape index (κ1) is 18.0. The Labute approximate surface area is 144 Å². The van der Waals surface area contributed by atoms with Crippen molar-refractivity contribution in [2.24, 2.45) is 0 Å². The number of nitrogens with one attached hydrogen (secondary N) is 2. The van der Waals surface area contributed by atoms with E-state index in [4.69, 9.17) is 4.42 Å². The number of nitrogens with zero attached hydrogens (tertiary/aromatic N) is 2. The van der Waals surface area contributed by atoms with Crippen LogP contribution in [0.2, 0.25) is 0 Å². The van der Waals surface area contributed by atoms with E-state index in [0.29, 0.717) is 12.4 Å². The molecule has 1 aromatic carbocycles. The van der Waals surface area contributed by atoms with Crippen molar-refractivity contribution in [2.45, 2.75) is 38.2 Å². The molecule has 2 aromatic rings. The highest BCUT2D eigenvalue weighted by molar-refractivity contribution is 8.00. The van der Waals surface area contributed by atoms with Crippen LogP contribution in [0.4, 0.5) is 4.79 Å². The monoisotopic (exact) mass is 348 g/mol.